The van der Waals surface area contributed by atoms with Crippen molar-refractivity contribution < 1.29 is 57.2 Å². The van der Waals surface area contributed by atoms with Crippen molar-refractivity contribution in [1.82, 2.24) is 0 Å². The lowest BCUT2D eigenvalue weighted by Crippen LogP contribution is -2.52. The van der Waals surface area contributed by atoms with Gasteiger partial charge < -0.3 is 28.5 Å². The lowest BCUT2D eigenvalue weighted by atomic mass is 9.57. The number of hydrogen-bond donors (Lipinski definition) is 1. The minimum Gasteiger partial charge on any atom is -0.481 e. The Morgan fingerprint density at radius 1 is 0.848 bits per heavy atom. The van der Waals surface area contributed by atoms with Crippen LogP contribution in [-0.2, 0) is 52.1 Å². The van der Waals surface area contributed by atoms with E-state index < -0.39 is 92.3 Å². The molecule has 376 valence electrons. The van der Waals surface area contributed by atoms with Crippen LogP contribution >= 0.6 is 0 Å². The molecular weight excluding hydrogens is 889 g/mol. The Morgan fingerprint density at radius 2 is 1.44 bits per heavy atom. The molecule has 0 spiro atoms. The average Bonchev–Trinajstić information content (AvgIpc) is 3.82. The maximum absolute atomic E-state index is 14.7. The molecular formula is C51H88O12Si3. The summed E-state index contributed by atoms with van der Waals surface area (Å²) in [5.41, 5.74) is -3.61. The van der Waals surface area contributed by atoms with Gasteiger partial charge >= 0.3 is 35.8 Å². The zero-order valence-corrected chi connectivity index (χ0v) is 46.9. The normalized spacial score (nSPS) is 31.8. The molecule has 0 aromatic carbocycles. The second kappa shape index (κ2) is 21.3. The molecule has 1 N–H and O–H groups in total. The number of carbonyl (C=O) groups excluding carboxylic acids is 5. The summed E-state index contributed by atoms with van der Waals surface area (Å²) in [7, 11) is -2.61. The van der Waals surface area contributed by atoms with E-state index in [9.17, 15) is 33.9 Å². The maximum atomic E-state index is 14.7. The van der Waals surface area contributed by atoms with Crippen molar-refractivity contribution in [3.63, 3.8) is 0 Å². The zero-order chi connectivity index (χ0) is 50.1. The first-order valence-electron chi connectivity index (χ1n) is 25.1. The van der Waals surface area contributed by atoms with Gasteiger partial charge in [-0.2, -0.15) is 0 Å². The third-order valence-corrected chi connectivity index (χ3v) is 30.0. The van der Waals surface area contributed by atoms with Gasteiger partial charge in [0.25, 0.3) is 0 Å². The Balaban J connectivity index is 1.58. The fourth-order valence-electron chi connectivity index (χ4n) is 12.7. The van der Waals surface area contributed by atoms with E-state index >= 15 is 0 Å². The van der Waals surface area contributed by atoms with Gasteiger partial charge in [-0.25, -0.2) is 0 Å². The van der Waals surface area contributed by atoms with E-state index in [-0.39, 0.29) is 63.6 Å². The quantitative estimate of drug-likeness (QED) is 0.0531. The van der Waals surface area contributed by atoms with Gasteiger partial charge in [0.05, 0.1) is 34.5 Å². The number of rotatable bonds is 20. The summed E-state index contributed by atoms with van der Waals surface area (Å²) in [6.45, 7) is 33.7. The van der Waals surface area contributed by atoms with Gasteiger partial charge in [0, 0.05) is 24.2 Å². The molecule has 2 aliphatic carbocycles. The summed E-state index contributed by atoms with van der Waals surface area (Å²) in [5.74, 6) is -6.54. The van der Waals surface area contributed by atoms with Gasteiger partial charge in [0.2, 0.25) is 0 Å². The predicted octanol–water partition coefficient (Wildman–Crippen LogP) is 10.5. The summed E-state index contributed by atoms with van der Waals surface area (Å²) in [5, 5.41) is 11.1. The van der Waals surface area contributed by atoms with E-state index in [0.717, 1.165) is 19.4 Å². The van der Waals surface area contributed by atoms with E-state index in [4.69, 9.17) is 23.4 Å². The first-order chi connectivity index (χ1) is 30.2. The van der Waals surface area contributed by atoms with Crippen molar-refractivity contribution in [2.75, 3.05) is 6.61 Å². The highest BCUT2D eigenvalue weighted by Crippen LogP contribution is 2.62. The molecule has 2 heterocycles. The van der Waals surface area contributed by atoms with Crippen LogP contribution in [0.1, 0.15) is 148 Å². The zero-order valence-electron chi connectivity index (χ0n) is 43.9. The third kappa shape index (κ3) is 13.7. The van der Waals surface area contributed by atoms with Crippen molar-refractivity contribution in [1.29, 1.82) is 0 Å². The van der Waals surface area contributed by atoms with Crippen LogP contribution in [0.3, 0.4) is 0 Å². The number of ether oxygens (including phenoxy) is 4. The molecule has 2 saturated carbocycles. The van der Waals surface area contributed by atoms with Crippen LogP contribution in [0.25, 0.3) is 0 Å². The fraction of sp³-hybridized carbons (Fsp3) is 0.882. The molecule has 15 heteroatoms. The van der Waals surface area contributed by atoms with Crippen LogP contribution < -0.4 is 0 Å². The molecule has 4 aliphatic rings. The van der Waals surface area contributed by atoms with Gasteiger partial charge in [-0.1, -0.05) is 59.4 Å². The SMILES string of the molecule is CCC(C)C(=O)OC(C)(C)CCC(C)(C)OC(=O)C(CC)CC(C)(CC(C)(C(=O)OC(C)(C)C)C1C(=O)OC(=O)C1C1C2CC(CO[Si]3(C)CC(C)C[Si](C)C[Si](C)C3)C(C2)C1C)C(=O)O. The van der Waals surface area contributed by atoms with E-state index in [1.807, 2.05) is 27.7 Å². The molecule has 2 saturated heterocycles. The van der Waals surface area contributed by atoms with Gasteiger partial charge in [0.15, 0.2) is 8.32 Å². The second-order valence-corrected chi connectivity index (χ2v) is 35.5. The fourth-order valence-corrected chi connectivity index (χ4v) is 29.1. The van der Waals surface area contributed by atoms with Gasteiger partial charge in [-0.05, 0) is 167 Å². The summed E-state index contributed by atoms with van der Waals surface area (Å²) in [6.07, 6.45) is 2.88. The molecule has 12 nitrogen and oxygen atoms in total. The lowest BCUT2D eigenvalue weighted by Gasteiger charge is -2.44. The largest absolute Gasteiger partial charge is 0.481 e. The minimum absolute atomic E-state index is 0.0407. The van der Waals surface area contributed by atoms with Gasteiger partial charge in [-0.3, -0.25) is 28.8 Å². The van der Waals surface area contributed by atoms with Crippen molar-refractivity contribution in [3.05, 3.63) is 0 Å². The van der Waals surface area contributed by atoms with Crippen LogP contribution in [0.5, 0.6) is 0 Å². The predicted molar refractivity (Wildman–Crippen MR) is 261 cm³/mol. The van der Waals surface area contributed by atoms with Crippen molar-refractivity contribution in [3.8, 4) is 0 Å². The molecule has 13 unspecified atom stereocenters. The van der Waals surface area contributed by atoms with Gasteiger partial charge in [0.1, 0.15) is 16.8 Å². The van der Waals surface area contributed by atoms with E-state index in [1.54, 1.807) is 48.5 Å². The number of carboxylic acid groups (broad SMARTS) is 1. The van der Waals surface area contributed by atoms with Crippen LogP contribution in [0.15, 0.2) is 0 Å². The number of cyclic esters (lactones) is 2. The number of esters is 5. The van der Waals surface area contributed by atoms with Crippen molar-refractivity contribution in [2.45, 2.75) is 208 Å². The molecule has 4 rings (SSSR count). The smallest absolute Gasteiger partial charge is 0.318 e. The number of fused-ring (bicyclic) bond motifs is 2. The summed E-state index contributed by atoms with van der Waals surface area (Å²) in [6, 6.07) is 2.57. The first-order valence-corrected chi connectivity index (χ1v) is 32.8. The monoisotopic (exact) mass is 977 g/mol. The highest BCUT2D eigenvalue weighted by Gasteiger charge is 2.66. The number of aliphatic carboxylic acids is 1. The second-order valence-electron chi connectivity index (χ2n) is 24.8. The van der Waals surface area contributed by atoms with Crippen molar-refractivity contribution >= 4 is 61.7 Å². The van der Waals surface area contributed by atoms with Gasteiger partial charge in [-0.15, -0.1) is 0 Å². The number of hydrogen-bond acceptors (Lipinski definition) is 11. The van der Waals surface area contributed by atoms with Crippen LogP contribution in [0.2, 0.25) is 43.1 Å². The van der Waals surface area contributed by atoms with Crippen LogP contribution in [0.4, 0.5) is 0 Å². The molecule has 4 fully saturated rings. The molecule has 13 atom stereocenters. The van der Waals surface area contributed by atoms with Crippen LogP contribution in [0, 0.1) is 70.0 Å². The molecule has 0 aromatic rings. The molecule has 2 aliphatic heterocycles. The summed E-state index contributed by atoms with van der Waals surface area (Å²) < 4.78 is 30.5. The van der Waals surface area contributed by atoms with Crippen LogP contribution in [-0.4, -0.2) is 90.2 Å². The molecule has 66 heavy (non-hydrogen) atoms. The summed E-state index contributed by atoms with van der Waals surface area (Å²) in [4.78, 5) is 83.2. The highest BCUT2D eigenvalue weighted by molar-refractivity contribution is 6.89. The number of carboxylic acids is 1. The minimum atomic E-state index is -1.91. The Morgan fingerprint density at radius 3 is 1.97 bits per heavy atom. The lowest BCUT2D eigenvalue weighted by molar-refractivity contribution is -0.181. The van der Waals surface area contributed by atoms with E-state index in [2.05, 4.69) is 33.5 Å². The number of carbonyl (C=O) groups is 6. The Kier molecular flexibility index (Phi) is 18.2. The average molecular weight is 978 g/mol. The Labute approximate surface area is 402 Å². The molecule has 0 amide bonds. The molecule has 2 bridgehead atoms. The molecule has 0 aromatic heterocycles. The Bertz CT molecular complexity index is 1760. The first kappa shape index (κ1) is 56.2. The van der Waals surface area contributed by atoms with E-state index in [0.29, 0.717) is 31.1 Å². The molecule has 2 radical (unpaired) electrons. The topological polar surface area (TPSA) is 169 Å². The summed E-state index contributed by atoms with van der Waals surface area (Å²) >= 11 is 0. The maximum Gasteiger partial charge on any atom is 0.318 e. The standard InChI is InChI=1S/C51H88O12Si3/c1-18-32(4)41(52)61-48(9,10)20-21-49(11,12)62-42(53)34(19-2)24-50(13,45(56)57)28-51(14,46(58)63-47(6,7)8)40-39(43(54)60-44(40)55)38-33(5)37-23-35(38)22-36(37)25-59-66(17)27-31(3)26-64(15)29-65(16)30-66/h31-40H,18-30H2,1-17H3,(H,56,57). The van der Waals surface area contributed by atoms with Crippen molar-refractivity contribution in [2.24, 2.45) is 70.0 Å². The highest BCUT2D eigenvalue weighted by atomic mass is 28.4. The third-order valence-electron chi connectivity index (χ3n) is 16.0. The Hall–Kier alpha value is -2.37. The van der Waals surface area contributed by atoms with E-state index in [1.165, 1.54) is 30.3 Å².